The van der Waals surface area contributed by atoms with Gasteiger partial charge in [-0.05, 0) is 25.7 Å². The quantitative estimate of drug-likeness (QED) is 0.820. The van der Waals surface area contributed by atoms with Gasteiger partial charge < -0.3 is 5.32 Å². The number of hydrogen-bond acceptors (Lipinski definition) is 3. The summed E-state index contributed by atoms with van der Waals surface area (Å²) in [4.78, 5) is 9.63. The van der Waals surface area contributed by atoms with Gasteiger partial charge in [-0.1, -0.05) is 39.5 Å². The van der Waals surface area contributed by atoms with Crippen LogP contribution in [0.5, 0.6) is 0 Å². The number of nitrogens with one attached hydrogen (secondary N) is 1. The van der Waals surface area contributed by atoms with E-state index < -0.39 is 0 Å². The molecule has 0 saturated heterocycles. The van der Waals surface area contributed by atoms with E-state index in [0.717, 1.165) is 17.3 Å². The molecule has 3 nitrogen and oxygen atoms in total. The second kappa shape index (κ2) is 6.36. The number of rotatable bonds is 3. The van der Waals surface area contributed by atoms with Crippen molar-refractivity contribution in [2.75, 3.05) is 12.4 Å². The summed E-state index contributed by atoms with van der Waals surface area (Å²) in [6.07, 6.45) is 7.91. The fraction of sp³-hybridized carbons (Fsp3) is 0.750. The first-order chi connectivity index (χ1) is 9.13. The van der Waals surface area contributed by atoms with Crippen LogP contribution in [0.15, 0.2) is 0 Å². The normalized spacial score (nSPS) is 17.5. The van der Waals surface area contributed by atoms with Gasteiger partial charge in [0.15, 0.2) is 0 Å². The molecule has 0 spiro atoms. The lowest BCUT2D eigenvalue weighted by molar-refractivity contribution is 0.557. The molecule has 1 heterocycles. The van der Waals surface area contributed by atoms with Gasteiger partial charge in [-0.3, -0.25) is 0 Å². The Hall–Kier alpha value is -1.12. The van der Waals surface area contributed by atoms with Crippen molar-refractivity contribution in [2.24, 2.45) is 0 Å². The maximum Gasteiger partial charge on any atom is 0.134 e. The minimum Gasteiger partial charge on any atom is -0.373 e. The zero-order chi connectivity index (χ0) is 13.8. The molecule has 1 N–H and O–H groups in total. The smallest absolute Gasteiger partial charge is 0.134 e. The van der Waals surface area contributed by atoms with E-state index in [9.17, 15) is 0 Å². The minimum absolute atomic E-state index is 0.464. The SMILES string of the molecule is CNc1nc(C2CCCCCC2)nc(C)c1C(C)C. The Morgan fingerprint density at radius 2 is 1.68 bits per heavy atom. The molecule has 106 valence electrons. The number of nitrogens with zero attached hydrogens (tertiary/aromatic N) is 2. The van der Waals surface area contributed by atoms with E-state index in [0.29, 0.717) is 11.8 Å². The standard InChI is InChI=1S/C16H27N3/c1-11(2)14-12(3)18-15(19-16(14)17-4)13-9-7-5-6-8-10-13/h11,13H,5-10H2,1-4H3,(H,17,18,19). The van der Waals surface area contributed by atoms with Gasteiger partial charge in [0.05, 0.1) is 0 Å². The lowest BCUT2D eigenvalue weighted by Crippen LogP contribution is -2.12. The Bertz CT molecular complexity index is 418. The Morgan fingerprint density at radius 1 is 1.05 bits per heavy atom. The maximum absolute atomic E-state index is 4.82. The highest BCUT2D eigenvalue weighted by Gasteiger charge is 2.20. The van der Waals surface area contributed by atoms with Crippen LogP contribution < -0.4 is 5.32 Å². The number of hydrogen-bond donors (Lipinski definition) is 1. The third-order valence-corrected chi connectivity index (χ3v) is 4.19. The van der Waals surface area contributed by atoms with E-state index in [2.05, 4.69) is 26.1 Å². The molecule has 0 atom stereocenters. The summed E-state index contributed by atoms with van der Waals surface area (Å²) in [7, 11) is 1.96. The molecule has 0 aromatic carbocycles. The zero-order valence-electron chi connectivity index (χ0n) is 12.8. The summed E-state index contributed by atoms with van der Waals surface area (Å²) < 4.78 is 0. The Labute approximate surface area is 117 Å². The summed E-state index contributed by atoms with van der Waals surface area (Å²) in [5, 5.41) is 3.26. The van der Waals surface area contributed by atoms with Gasteiger partial charge in [0.1, 0.15) is 11.6 Å². The molecule has 1 saturated carbocycles. The van der Waals surface area contributed by atoms with Crippen molar-refractivity contribution in [3.05, 3.63) is 17.1 Å². The number of aromatic nitrogens is 2. The van der Waals surface area contributed by atoms with Crippen molar-refractivity contribution < 1.29 is 0 Å². The van der Waals surface area contributed by atoms with Crippen molar-refractivity contribution in [1.29, 1.82) is 0 Å². The highest BCUT2D eigenvalue weighted by molar-refractivity contribution is 5.48. The van der Waals surface area contributed by atoms with Gasteiger partial charge in [0.25, 0.3) is 0 Å². The molecule has 0 amide bonds. The van der Waals surface area contributed by atoms with E-state index in [4.69, 9.17) is 9.97 Å². The molecule has 2 rings (SSSR count). The second-order valence-electron chi connectivity index (χ2n) is 6.02. The van der Waals surface area contributed by atoms with E-state index >= 15 is 0 Å². The summed E-state index contributed by atoms with van der Waals surface area (Å²) in [6, 6.07) is 0. The summed E-state index contributed by atoms with van der Waals surface area (Å²) in [5.74, 6) is 3.12. The van der Waals surface area contributed by atoms with E-state index in [1.807, 2.05) is 7.05 Å². The van der Waals surface area contributed by atoms with Crippen molar-refractivity contribution in [1.82, 2.24) is 9.97 Å². The highest BCUT2D eigenvalue weighted by atomic mass is 15.0. The van der Waals surface area contributed by atoms with Gasteiger partial charge in [0, 0.05) is 24.2 Å². The zero-order valence-corrected chi connectivity index (χ0v) is 12.8. The van der Waals surface area contributed by atoms with Crippen LogP contribution >= 0.6 is 0 Å². The van der Waals surface area contributed by atoms with Crippen LogP contribution in [0.2, 0.25) is 0 Å². The topological polar surface area (TPSA) is 37.8 Å². The number of aryl methyl sites for hydroxylation is 1. The average Bonchev–Trinajstić information content (AvgIpc) is 2.65. The van der Waals surface area contributed by atoms with Crippen LogP contribution in [0, 0.1) is 6.92 Å². The molecule has 0 bridgehead atoms. The van der Waals surface area contributed by atoms with Gasteiger partial charge in [-0.15, -0.1) is 0 Å². The molecule has 0 aliphatic heterocycles. The molecular weight excluding hydrogens is 234 g/mol. The highest BCUT2D eigenvalue weighted by Crippen LogP contribution is 2.32. The number of anilines is 1. The van der Waals surface area contributed by atoms with Crippen LogP contribution in [0.1, 0.15) is 81.3 Å². The average molecular weight is 261 g/mol. The van der Waals surface area contributed by atoms with Crippen molar-refractivity contribution in [2.45, 2.75) is 71.1 Å². The predicted octanol–water partition coefficient (Wildman–Crippen LogP) is 4.39. The lowest BCUT2D eigenvalue weighted by Gasteiger charge is -2.19. The molecule has 1 aliphatic rings. The molecular formula is C16H27N3. The molecule has 1 fully saturated rings. The summed E-state index contributed by atoms with van der Waals surface area (Å²) in [6.45, 7) is 6.54. The summed E-state index contributed by atoms with van der Waals surface area (Å²) in [5.41, 5.74) is 2.41. The first kappa shape index (κ1) is 14.3. The maximum atomic E-state index is 4.82. The van der Waals surface area contributed by atoms with Crippen LogP contribution in [0.3, 0.4) is 0 Å². The predicted molar refractivity (Wildman–Crippen MR) is 80.8 cm³/mol. The van der Waals surface area contributed by atoms with Gasteiger partial charge >= 0.3 is 0 Å². The Morgan fingerprint density at radius 3 is 2.21 bits per heavy atom. The van der Waals surface area contributed by atoms with Crippen LogP contribution in [-0.2, 0) is 0 Å². The molecule has 19 heavy (non-hydrogen) atoms. The fourth-order valence-corrected chi connectivity index (χ4v) is 3.21. The molecule has 0 unspecified atom stereocenters. The van der Waals surface area contributed by atoms with Gasteiger partial charge in [-0.25, -0.2) is 9.97 Å². The monoisotopic (exact) mass is 261 g/mol. The first-order valence-electron chi connectivity index (χ1n) is 7.69. The van der Waals surface area contributed by atoms with Crippen LogP contribution in [0.25, 0.3) is 0 Å². The minimum atomic E-state index is 0.464. The third-order valence-electron chi connectivity index (χ3n) is 4.19. The second-order valence-corrected chi connectivity index (χ2v) is 6.02. The van der Waals surface area contributed by atoms with Gasteiger partial charge in [-0.2, -0.15) is 0 Å². The Balaban J connectivity index is 2.33. The van der Waals surface area contributed by atoms with Crippen molar-refractivity contribution in [3.63, 3.8) is 0 Å². The fourth-order valence-electron chi connectivity index (χ4n) is 3.21. The molecule has 1 aromatic heterocycles. The van der Waals surface area contributed by atoms with Crippen LogP contribution in [-0.4, -0.2) is 17.0 Å². The van der Waals surface area contributed by atoms with E-state index in [1.165, 1.54) is 44.1 Å². The molecule has 0 radical (unpaired) electrons. The summed E-state index contributed by atoms with van der Waals surface area (Å²) >= 11 is 0. The van der Waals surface area contributed by atoms with E-state index in [-0.39, 0.29) is 0 Å². The first-order valence-corrected chi connectivity index (χ1v) is 7.69. The third kappa shape index (κ3) is 3.26. The van der Waals surface area contributed by atoms with Crippen molar-refractivity contribution in [3.8, 4) is 0 Å². The Kier molecular flexibility index (Phi) is 4.78. The molecule has 1 aromatic rings. The molecule has 1 aliphatic carbocycles. The van der Waals surface area contributed by atoms with Crippen molar-refractivity contribution >= 4 is 5.82 Å². The lowest BCUT2D eigenvalue weighted by atomic mass is 9.97. The largest absolute Gasteiger partial charge is 0.373 e. The van der Waals surface area contributed by atoms with Crippen LogP contribution in [0.4, 0.5) is 5.82 Å². The molecule has 3 heteroatoms. The van der Waals surface area contributed by atoms with Gasteiger partial charge in [0.2, 0.25) is 0 Å². The van der Waals surface area contributed by atoms with E-state index in [1.54, 1.807) is 0 Å².